The minimum Gasteiger partial charge on any atom is -0.394 e. The largest absolute Gasteiger partial charge is 0.394 e. The maximum Gasteiger partial charge on any atom is 0.223 e. The molecule has 0 atom stereocenters. The van der Waals surface area contributed by atoms with E-state index in [2.05, 4.69) is 15.1 Å². The molecule has 0 aliphatic carbocycles. The molecule has 1 aromatic carbocycles. The first kappa shape index (κ1) is 12.8. The molecule has 0 aliphatic rings. The molecule has 0 spiro atoms. The Balaban J connectivity index is 2.35. The molecule has 0 unspecified atom stereocenters. The Morgan fingerprint density at radius 1 is 1.32 bits per heavy atom. The van der Waals surface area contributed by atoms with Crippen molar-refractivity contribution in [3.63, 3.8) is 0 Å². The highest BCUT2D eigenvalue weighted by atomic mass is 16.3. The lowest BCUT2D eigenvalue weighted by Crippen LogP contribution is -2.26. The van der Waals surface area contributed by atoms with Gasteiger partial charge in [-0.2, -0.15) is 10.1 Å². The summed E-state index contributed by atoms with van der Waals surface area (Å²) in [5.74, 6) is -0.153. The second-order valence-corrected chi connectivity index (χ2v) is 3.84. The summed E-state index contributed by atoms with van der Waals surface area (Å²) in [7, 11) is 0. The number of aromatic nitrogens is 2. The first-order valence-electron chi connectivity index (χ1n) is 5.60. The molecule has 100 valence electrons. The maximum atomic E-state index is 8.92. The highest BCUT2D eigenvalue weighted by molar-refractivity contribution is 5.94. The number of nitrogens with zero attached hydrogens (tertiary/aromatic N) is 4. The SMILES string of the molecule is NC(N)=NC(N)=Nc1ccc2c(cnn2CCO)c1. The molecule has 0 saturated heterocycles. The van der Waals surface area contributed by atoms with Gasteiger partial charge in [-0.05, 0) is 18.2 Å². The zero-order valence-electron chi connectivity index (χ0n) is 10.2. The molecule has 8 nitrogen and oxygen atoms in total. The van der Waals surface area contributed by atoms with E-state index in [4.69, 9.17) is 22.3 Å². The lowest BCUT2D eigenvalue weighted by Gasteiger charge is -2.01. The third-order valence-electron chi connectivity index (χ3n) is 2.42. The smallest absolute Gasteiger partial charge is 0.223 e. The lowest BCUT2D eigenvalue weighted by molar-refractivity contribution is 0.271. The van der Waals surface area contributed by atoms with Gasteiger partial charge in [-0.15, -0.1) is 0 Å². The minimum atomic E-state index is -0.141. The Kier molecular flexibility index (Phi) is 3.62. The molecule has 19 heavy (non-hydrogen) atoms. The zero-order chi connectivity index (χ0) is 13.8. The zero-order valence-corrected chi connectivity index (χ0v) is 10.2. The molecule has 0 aliphatic heterocycles. The van der Waals surface area contributed by atoms with Crippen molar-refractivity contribution < 1.29 is 5.11 Å². The van der Waals surface area contributed by atoms with E-state index in [1.54, 1.807) is 16.9 Å². The number of fused-ring (bicyclic) bond motifs is 1. The van der Waals surface area contributed by atoms with Gasteiger partial charge >= 0.3 is 0 Å². The second-order valence-electron chi connectivity index (χ2n) is 3.84. The van der Waals surface area contributed by atoms with Crippen LogP contribution in [0.4, 0.5) is 5.69 Å². The Bertz CT molecular complexity index is 640. The van der Waals surface area contributed by atoms with Crippen LogP contribution in [0.2, 0.25) is 0 Å². The highest BCUT2D eigenvalue weighted by Gasteiger charge is 2.03. The van der Waals surface area contributed by atoms with Crippen molar-refractivity contribution in [2.24, 2.45) is 27.2 Å². The first-order valence-corrected chi connectivity index (χ1v) is 5.60. The van der Waals surface area contributed by atoms with Crippen LogP contribution in [0.3, 0.4) is 0 Å². The van der Waals surface area contributed by atoms with Gasteiger partial charge in [0.2, 0.25) is 5.96 Å². The quantitative estimate of drug-likeness (QED) is 0.425. The number of aliphatic hydroxyl groups excluding tert-OH is 1. The molecule has 7 N–H and O–H groups in total. The van der Waals surface area contributed by atoms with Gasteiger partial charge < -0.3 is 22.3 Å². The van der Waals surface area contributed by atoms with Crippen molar-refractivity contribution in [1.82, 2.24) is 9.78 Å². The summed E-state index contributed by atoms with van der Waals surface area (Å²) in [6, 6.07) is 5.43. The van der Waals surface area contributed by atoms with Crippen LogP contribution in [-0.2, 0) is 6.54 Å². The van der Waals surface area contributed by atoms with Crippen molar-refractivity contribution in [1.29, 1.82) is 0 Å². The molecular formula is C11H15N7O. The fourth-order valence-electron chi connectivity index (χ4n) is 1.71. The fraction of sp³-hybridized carbons (Fsp3) is 0.182. The van der Waals surface area contributed by atoms with Gasteiger partial charge in [0.15, 0.2) is 5.96 Å². The predicted molar refractivity (Wildman–Crippen MR) is 73.9 cm³/mol. The topological polar surface area (TPSA) is 141 Å². The normalized spacial score (nSPS) is 11.7. The number of aliphatic hydroxyl groups is 1. The Morgan fingerprint density at radius 3 is 2.79 bits per heavy atom. The van der Waals surface area contributed by atoms with E-state index >= 15 is 0 Å². The number of benzene rings is 1. The highest BCUT2D eigenvalue weighted by Crippen LogP contribution is 2.21. The summed E-state index contributed by atoms with van der Waals surface area (Å²) in [5.41, 5.74) is 17.5. The predicted octanol–water partition coefficient (Wildman–Crippen LogP) is -0.752. The minimum absolute atomic E-state index is 0.0119. The van der Waals surface area contributed by atoms with E-state index in [9.17, 15) is 0 Å². The van der Waals surface area contributed by atoms with Crippen molar-refractivity contribution in [3.05, 3.63) is 24.4 Å². The van der Waals surface area contributed by atoms with Crippen molar-refractivity contribution in [2.45, 2.75) is 6.54 Å². The van der Waals surface area contributed by atoms with E-state index in [1.165, 1.54) is 0 Å². The van der Waals surface area contributed by atoms with Gasteiger partial charge in [-0.1, -0.05) is 0 Å². The Hall–Kier alpha value is -2.61. The number of aliphatic imine (C=N–C) groups is 2. The van der Waals surface area contributed by atoms with Gasteiger partial charge in [-0.3, -0.25) is 4.68 Å². The van der Waals surface area contributed by atoms with Crippen LogP contribution in [0.25, 0.3) is 10.9 Å². The summed E-state index contributed by atoms with van der Waals surface area (Å²) in [6.45, 7) is 0.483. The molecule has 0 saturated carbocycles. The summed E-state index contributed by atoms with van der Waals surface area (Å²) < 4.78 is 1.71. The van der Waals surface area contributed by atoms with Crippen molar-refractivity contribution >= 4 is 28.5 Å². The molecule has 8 heteroatoms. The maximum absolute atomic E-state index is 8.92. The number of rotatable bonds is 3. The molecule has 0 amide bonds. The Labute approximate surface area is 109 Å². The van der Waals surface area contributed by atoms with Crippen molar-refractivity contribution in [2.75, 3.05) is 6.61 Å². The average Bonchev–Trinajstić information content (AvgIpc) is 2.71. The summed E-state index contributed by atoms with van der Waals surface area (Å²) in [5, 5.41) is 14.0. The third kappa shape index (κ3) is 2.99. The van der Waals surface area contributed by atoms with Crippen LogP contribution in [0.15, 0.2) is 34.4 Å². The molecule has 0 bridgehead atoms. The van der Waals surface area contributed by atoms with Gasteiger partial charge in [0, 0.05) is 5.39 Å². The van der Waals surface area contributed by atoms with Gasteiger partial charge in [0.05, 0.1) is 30.6 Å². The van der Waals surface area contributed by atoms with E-state index in [-0.39, 0.29) is 18.5 Å². The number of guanidine groups is 2. The summed E-state index contributed by atoms with van der Waals surface area (Å²) in [6.07, 6.45) is 1.70. The van der Waals surface area contributed by atoms with E-state index in [1.807, 2.05) is 12.1 Å². The molecule has 0 fully saturated rings. The molecule has 1 heterocycles. The van der Waals surface area contributed by atoms with Crippen LogP contribution < -0.4 is 17.2 Å². The molecular weight excluding hydrogens is 246 g/mol. The third-order valence-corrected chi connectivity index (χ3v) is 2.42. The van der Waals surface area contributed by atoms with Crippen LogP contribution >= 0.6 is 0 Å². The van der Waals surface area contributed by atoms with Crippen LogP contribution in [0.5, 0.6) is 0 Å². The van der Waals surface area contributed by atoms with Gasteiger partial charge in [-0.25, -0.2) is 4.99 Å². The number of hydrogen-bond acceptors (Lipinski definition) is 3. The summed E-state index contributed by atoms with van der Waals surface area (Å²) in [4.78, 5) is 7.70. The second kappa shape index (κ2) is 5.36. The number of nitrogens with two attached hydrogens (primary N) is 3. The monoisotopic (exact) mass is 261 g/mol. The average molecular weight is 261 g/mol. The fourth-order valence-corrected chi connectivity index (χ4v) is 1.71. The van der Waals surface area contributed by atoms with E-state index < -0.39 is 0 Å². The summed E-state index contributed by atoms with van der Waals surface area (Å²) >= 11 is 0. The first-order chi connectivity index (χ1) is 9.10. The van der Waals surface area contributed by atoms with Gasteiger partial charge in [0.1, 0.15) is 0 Å². The molecule has 1 aromatic heterocycles. The van der Waals surface area contributed by atoms with Gasteiger partial charge in [0.25, 0.3) is 0 Å². The number of hydrogen-bond donors (Lipinski definition) is 4. The molecule has 2 aromatic rings. The van der Waals surface area contributed by atoms with Crippen LogP contribution in [-0.4, -0.2) is 33.4 Å². The molecule has 0 radical (unpaired) electrons. The van der Waals surface area contributed by atoms with Crippen molar-refractivity contribution in [3.8, 4) is 0 Å². The lowest BCUT2D eigenvalue weighted by atomic mass is 10.2. The van der Waals surface area contributed by atoms with E-state index in [0.717, 1.165) is 10.9 Å². The van der Waals surface area contributed by atoms with Crippen LogP contribution in [0.1, 0.15) is 0 Å². The van der Waals surface area contributed by atoms with Crippen LogP contribution in [0, 0.1) is 0 Å². The standard InChI is InChI=1S/C11H15N7O/c12-10(13)17-11(14)16-8-1-2-9-7(5-8)6-15-18(9)3-4-19/h1-2,5-6,19H,3-4H2,(H6,12,13,14,16,17). The van der Waals surface area contributed by atoms with E-state index in [0.29, 0.717) is 12.2 Å². The molecule has 2 rings (SSSR count). The Morgan fingerprint density at radius 2 is 2.11 bits per heavy atom.